The number of nitrogens with one attached hydrogen (secondary N) is 2. The molecule has 5 heteroatoms. The van der Waals surface area contributed by atoms with Crippen LogP contribution in [0.5, 0.6) is 0 Å². The Labute approximate surface area is 145 Å². The van der Waals surface area contributed by atoms with Gasteiger partial charge in [-0.1, -0.05) is 25.1 Å². The van der Waals surface area contributed by atoms with Crippen LogP contribution in [-0.4, -0.2) is 43.5 Å². The molecule has 1 aromatic carbocycles. The van der Waals surface area contributed by atoms with Gasteiger partial charge in [-0.3, -0.25) is 9.69 Å². The second-order valence-corrected chi connectivity index (χ2v) is 6.71. The number of fused-ring (bicyclic) bond motifs is 1. The van der Waals surface area contributed by atoms with Crippen molar-refractivity contribution in [2.75, 3.05) is 38.0 Å². The number of carbonyl (C=O) groups is 1. The van der Waals surface area contributed by atoms with Crippen LogP contribution in [0, 0.1) is 18.8 Å². The Balaban J connectivity index is 0.00000192. The first kappa shape index (κ1) is 18.2. The predicted octanol–water partition coefficient (Wildman–Crippen LogP) is 2.46. The minimum Gasteiger partial charge on any atom is -0.324 e. The summed E-state index contributed by atoms with van der Waals surface area (Å²) in [5.74, 6) is 1.67. The number of rotatable bonds is 4. The van der Waals surface area contributed by atoms with Gasteiger partial charge in [0, 0.05) is 12.2 Å². The summed E-state index contributed by atoms with van der Waals surface area (Å²) in [6.45, 7) is 9.08. The average Bonchev–Trinajstić information content (AvgIpc) is 2.97. The van der Waals surface area contributed by atoms with E-state index in [4.69, 9.17) is 0 Å². The Morgan fingerprint density at radius 3 is 2.91 bits per heavy atom. The van der Waals surface area contributed by atoms with Gasteiger partial charge < -0.3 is 10.6 Å². The van der Waals surface area contributed by atoms with Gasteiger partial charge in [-0.15, -0.1) is 12.4 Å². The predicted molar refractivity (Wildman–Crippen MR) is 97.3 cm³/mol. The summed E-state index contributed by atoms with van der Waals surface area (Å²) in [6.07, 6.45) is 2.16. The Morgan fingerprint density at radius 2 is 2.13 bits per heavy atom. The molecule has 0 spiro atoms. The Hall–Kier alpha value is -1.10. The number of anilines is 1. The molecule has 2 unspecified atom stereocenters. The van der Waals surface area contributed by atoms with Gasteiger partial charge >= 0.3 is 0 Å². The van der Waals surface area contributed by atoms with Crippen LogP contribution < -0.4 is 10.6 Å². The molecule has 2 fully saturated rings. The van der Waals surface area contributed by atoms with E-state index in [9.17, 15) is 4.79 Å². The number of amides is 1. The molecule has 0 saturated carbocycles. The minimum absolute atomic E-state index is 0. The number of likely N-dealkylation sites (tertiary alicyclic amines) is 1. The van der Waals surface area contributed by atoms with E-state index in [1.807, 2.05) is 0 Å². The number of carbonyl (C=O) groups excluding carboxylic acids is 1. The molecule has 0 aromatic heterocycles. The Kier molecular flexibility index (Phi) is 6.45. The van der Waals surface area contributed by atoms with Gasteiger partial charge in [0.15, 0.2) is 0 Å². The summed E-state index contributed by atoms with van der Waals surface area (Å²) in [5.41, 5.74) is 3.37. The van der Waals surface area contributed by atoms with E-state index in [-0.39, 0.29) is 18.3 Å². The van der Waals surface area contributed by atoms with Crippen LogP contribution in [0.15, 0.2) is 18.2 Å². The summed E-state index contributed by atoms with van der Waals surface area (Å²) in [7, 11) is 0. The lowest BCUT2D eigenvalue weighted by atomic mass is 9.89. The van der Waals surface area contributed by atoms with Crippen molar-refractivity contribution in [3.05, 3.63) is 29.3 Å². The quantitative estimate of drug-likeness (QED) is 0.887. The minimum atomic E-state index is 0. The molecule has 4 nitrogen and oxygen atoms in total. The summed E-state index contributed by atoms with van der Waals surface area (Å²) < 4.78 is 0. The standard InChI is InChI=1S/C18H27N3O.ClH/c1-3-14-6-4-5-13(2)18(14)20-17(22)12-21-8-7-15-9-19-10-16(15)11-21;/h4-6,15-16,19H,3,7-12H2,1-2H3,(H,20,22);1H. The van der Waals surface area contributed by atoms with Crippen LogP contribution in [-0.2, 0) is 11.2 Å². The van der Waals surface area contributed by atoms with Crippen molar-refractivity contribution in [2.45, 2.75) is 26.7 Å². The summed E-state index contributed by atoms with van der Waals surface area (Å²) in [6, 6.07) is 6.21. The smallest absolute Gasteiger partial charge is 0.238 e. The van der Waals surface area contributed by atoms with Crippen LogP contribution >= 0.6 is 12.4 Å². The molecule has 2 aliphatic rings. The van der Waals surface area contributed by atoms with E-state index in [1.165, 1.54) is 12.0 Å². The molecule has 2 aliphatic heterocycles. The third-order valence-electron chi connectivity index (χ3n) is 5.16. The van der Waals surface area contributed by atoms with Gasteiger partial charge in [-0.25, -0.2) is 0 Å². The molecule has 2 atom stereocenters. The fourth-order valence-electron chi connectivity index (χ4n) is 3.84. The number of piperidine rings is 1. The monoisotopic (exact) mass is 337 g/mol. The van der Waals surface area contributed by atoms with Gasteiger partial charge in [0.05, 0.1) is 6.54 Å². The topological polar surface area (TPSA) is 44.4 Å². The number of nitrogens with zero attached hydrogens (tertiary/aromatic N) is 1. The fourth-order valence-corrected chi connectivity index (χ4v) is 3.84. The zero-order valence-electron chi connectivity index (χ0n) is 14.1. The van der Waals surface area contributed by atoms with Crippen LogP contribution in [0.25, 0.3) is 0 Å². The second-order valence-electron chi connectivity index (χ2n) is 6.71. The zero-order chi connectivity index (χ0) is 15.5. The molecule has 0 radical (unpaired) electrons. The lowest BCUT2D eigenvalue weighted by Crippen LogP contribution is -2.43. The molecule has 3 rings (SSSR count). The van der Waals surface area contributed by atoms with Crippen molar-refractivity contribution >= 4 is 24.0 Å². The maximum absolute atomic E-state index is 12.4. The lowest BCUT2D eigenvalue weighted by molar-refractivity contribution is -0.117. The Morgan fingerprint density at radius 1 is 1.35 bits per heavy atom. The van der Waals surface area contributed by atoms with Crippen molar-refractivity contribution in [1.82, 2.24) is 10.2 Å². The first-order valence-electron chi connectivity index (χ1n) is 8.48. The van der Waals surface area contributed by atoms with E-state index in [0.29, 0.717) is 6.54 Å². The highest BCUT2D eigenvalue weighted by Gasteiger charge is 2.33. The molecular weight excluding hydrogens is 310 g/mol. The maximum atomic E-state index is 12.4. The molecule has 0 bridgehead atoms. The number of halogens is 1. The first-order chi connectivity index (χ1) is 10.7. The van der Waals surface area contributed by atoms with Crippen molar-refractivity contribution in [3.63, 3.8) is 0 Å². The lowest BCUT2D eigenvalue weighted by Gasteiger charge is -2.34. The number of hydrogen-bond acceptors (Lipinski definition) is 3. The number of hydrogen-bond donors (Lipinski definition) is 2. The summed E-state index contributed by atoms with van der Waals surface area (Å²) >= 11 is 0. The van der Waals surface area contributed by atoms with Crippen LogP contribution in [0.3, 0.4) is 0 Å². The van der Waals surface area contributed by atoms with Crippen molar-refractivity contribution in [3.8, 4) is 0 Å². The normalized spacial score (nSPS) is 23.9. The molecular formula is C18H28ClN3O. The maximum Gasteiger partial charge on any atom is 0.238 e. The third-order valence-corrected chi connectivity index (χ3v) is 5.16. The highest BCUT2D eigenvalue weighted by molar-refractivity contribution is 5.93. The van der Waals surface area contributed by atoms with Crippen molar-refractivity contribution < 1.29 is 4.79 Å². The number of aryl methyl sites for hydroxylation is 2. The van der Waals surface area contributed by atoms with Crippen molar-refractivity contribution in [2.24, 2.45) is 11.8 Å². The van der Waals surface area contributed by atoms with Gasteiger partial charge in [-0.2, -0.15) is 0 Å². The molecule has 2 saturated heterocycles. The number of benzene rings is 1. The van der Waals surface area contributed by atoms with Gasteiger partial charge in [-0.05, 0) is 62.4 Å². The highest BCUT2D eigenvalue weighted by Crippen LogP contribution is 2.26. The van der Waals surface area contributed by atoms with E-state index in [0.717, 1.165) is 55.7 Å². The second kappa shape index (κ2) is 8.13. The van der Waals surface area contributed by atoms with E-state index >= 15 is 0 Å². The largest absolute Gasteiger partial charge is 0.324 e. The van der Waals surface area contributed by atoms with E-state index < -0.39 is 0 Å². The summed E-state index contributed by atoms with van der Waals surface area (Å²) in [4.78, 5) is 14.7. The number of para-hydroxylation sites is 1. The SMILES string of the molecule is CCc1cccc(C)c1NC(=O)CN1CCC2CNCC2C1.Cl. The highest BCUT2D eigenvalue weighted by atomic mass is 35.5. The molecule has 1 aromatic rings. The molecule has 128 valence electrons. The van der Waals surface area contributed by atoms with Crippen LogP contribution in [0.4, 0.5) is 5.69 Å². The molecule has 2 N–H and O–H groups in total. The van der Waals surface area contributed by atoms with Gasteiger partial charge in [0.25, 0.3) is 0 Å². The molecule has 0 aliphatic carbocycles. The first-order valence-corrected chi connectivity index (χ1v) is 8.48. The van der Waals surface area contributed by atoms with Crippen molar-refractivity contribution in [1.29, 1.82) is 0 Å². The van der Waals surface area contributed by atoms with E-state index in [1.54, 1.807) is 0 Å². The van der Waals surface area contributed by atoms with E-state index in [2.05, 4.69) is 47.6 Å². The Bertz CT molecular complexity index is 549. The zero-order valence-corrected chi connectivity index (χ0v) is 14.9. The summed E-state index contributed by atoms with van der Waals surface area (Å²) in [5, 5.41) is 6.61. The molecule has 1 amide bonds. The third kappa shape index (κ3) is 4.25. The van der Waals surface area contributed by atoms with Crippen LogP contribution in [0.1, 0.15) is 24.5 Å². The van der Waals surface area contributed by atoms with Gasteiger partial charge in [0.2, 0.25) is 5.91 Å². The average molecular weight is 338 g/mol. The van der Waals surface area contributed by atoms with Crippen LogP contribution in [0.2, 0.25) is 0 Å². The van der Waals surface area contributed by atoms with Gasteiger partial charge in [0.1, 0.15) is 0 Å². The molecule has 2 heterocycles. The molecule has 23 heavy (non-hydrogen) atoms. The fraction of sp³-hybridized carbons (Fsp3) is 0.611.